The van der Waals surface area contributed by atoms with Crippen molar-refractivity contribution in [1.82, 2.24) is 14.4 Å². The minimum Gasteiger partial charge on any atom is -0.494 e. The molecule has 3 aromatic rings. The molecule has 21 heavy (non-hydrogen) atoms. The summed E-state index contributed by atoms with van der Waals surface area (Å²) in [6, 6.07) is 6.26. The standard InChI is InChI=1S/C17H19N3O/c1-4-13-10-14(21-5-2)6-7-15(13)17-12(3)19-11-16-18-8-9-20(16)17/h6-11H,4-5H2,1-3H3. The minimum atomic E-state index is 0.681. The maximum atomic E-state index is 5.61. The van der Waals surface area contributed by atoms with Gasteiger partial charge >= 0.3 is 0 Å². The summed E-state index contributed by atoms with van der Waals surface area (Å²) in [6.45, 7) is 6.87. The number of hydrogen-bond donors (Lipinski definition) is 0. The van der Waals surface area contributed by atoms with E-state index in [0.717, 1.165) is 29.2 Å². The first-order chi connectivity index (χ1) is 10.2. The molecule has 3 rings (SSSR count). The fraction of sp³-hybridized carbons (Fsp3) is 0.294. The molecule has 0 fully saturated rings. The van der Waals surface area contributed by atoms with Crippen LogP contribution < -0.4 is 4.74 Å². The second-order valence-electron chi connectivity index (χ2n) is 4.95. The Balaban J connectivity index is 2.22. The van der Waals surface area contributed by atoms with Crippen molar-refractivity contribution >= 4 is 5.65 Å². The van der Waals surface area contributed by atoms with Crippen molar-refractivity contribution in [2.45, 2.75) is 27.2 Å². The van der Waals surface area contributed by atoms with Crippen LogP contribution in [0.25, 0.3) is 16.9 Å². The third-order valence-electron chi connectivity index (χ3n) is 3.65. The van der Waals surface area contributed by atoms with Gasteiger partial charge < -0.3 is 4.74 Å². The molecule has 108 valence electrons. The minimum absolute atomic E-state index is 0.681. The summed E-state index contributed by atoms with van der Waals surface area (Å²) in [7, 11) is 0. The molecule has 0 unspecified atom stereocenters. The SMILES string of the molecule is CCOc1ccc(-c2c(C)ncc3nccn23)c(CC)c1. The number of aryl methyl sites for hydroxylation is 2. The van der Waals surface area contributed by atoms with Crippen molar-refractivity contribution in [3.8, 4) is 17.0 Å². The smallest absolute Gasteiger partial charge is 0.155 e. The van der Waals surface area contributed by atoms with Gasteiger partial charge in [0.05, 0.1) is 24.2 Å². The Labute approximate surface area is 124 Å². The molecule has 0 amide bonds. The Bertz CT molecular complexity index is 777. The summed E-state index contributed by atoms with van der Waals surface area (Å²) in [5, 5.41) is 0. The Kier molecular flexibility index (Phi) is 3.60. The lowest BCUT2D eigenvalue weighted by atomic mass is 10.0. The zero-order valence-corrected chi connectivity index (χ0v) is 12.6. The number of imidazole rings is 1. The molecule has 4 nitrogen and oxygen atoms in total. The van der Waals surface area contributed by atoms with Crippen LogP contribution >= 0.6 is 0 Å². The van der Waals surface area contributed by atoms with E-state index < -0.39 is 0 Å². The van der Waals surface area contributed by atoms with E-state index in [0.29, 0.717) is 6.61 Å². The van der Waals surface area contributed by atoms with Crippen LogP contribution in [0.3, 0.4) is 0 Å². The maximum absolute atomic E-state index is 5.61. The topological polar surface area (TPSA) is 39.4 Å². The molecule has 0 aliphatic heterocycles. The fourth-order valence-corrected chi connectivity index (χ4v) is 2.66. The third-order valence-corrected chi connectivity index (χ3v) is 3.65. The van der Waals surface area contributed by atoms with Gasteiger partial charge in [0.2, 0.25) is 0 Å². The van der Waals surface area contributed by atoms with Gasteiger partial charge in [-0.25, -0.2) is 4.98 Å². The first kappa shape index (κ1) is 13.6. The maximum Gasteiger partial charge on any atom is 0.155 e. The van der Waals surface area contributed by atoms with Crippen molar-refractivity contribution < 1.29 is 4.74 Å². The quantitative estimate of drug-likeness (QED) is 0.732. The molecule has 0 bridgehead atoms. The van der Waals surface area contributed by atoms with Crippen molar-refractivity contribution in [1.29, 1.82) is 0 Å². The zero-order valence-electron chi connectivity index (χ0n) is 12.6. The van der Waals surface area contributed by atoms with Gasteiger partial charge in [0.15, 0.2) is 5.65 Å². The summed E-state index contributed by atoms with van der Waals surface area (Å²) in [6.07, 6.45) is 6.54. The fourth-order valence-electron chi connectivity index (χ4n) is 2.66. The summed E-state index contributed by atoms with van der Waals surface area (Å²) >= 11 is 0. The highest BCUT2D eigenvalue weighted by Gasteiger charge is 2.13. The zero-order chi connectivity index (χ0) is 14.8. The summed E-state index contributed by atoms with van der Waals surface area (Å²) in [5.74, 6) is 0.918. The first-order valence-electron chi connectivity index (χ1n) is 7.29. The molecule has 0 atom stereocenters. The van der Waals surface area contributed by atoms with E-state index in [4.69, 9.17) is 4.74 Å². The molecule has 0 saturated carbocycles. The van der Waals surface area contributed by atoms with Gasteiger partial charge in [0.25, 0.3) is 0 Å². The molecular weight excluding hydrogens is 262 g/mol. The van der Waals surface area contributed by atoms with Crippen LogP contribution in [0, 0.1) is 6.92 Å². The average Bonchev–Trinajstić information content (AvgIpc) is 2.96. The molecule has 2 aromatic heterocycles. The molecule has 0 spiro atoms. The highest BCUT2D eigenvalue weighted by Crippen LogP contribution is 2.30. The van der Waals surface area contributed by atoms with Crippen LogP contribution in [0.4, 0.5) is 0 Å². The predicted molar refractivity (Wildman–Crippen MR) is 83.7 cm³/mol. The van der Waals surface area contributed by atoms with E-state index in [2.05, 4.69) is 33.4 Å². The predicted octanol–water partition coefficient (Wildman–Crippen LogP) is 3.67. The monoisotopic (exact) mass is 281 g/mol. The van der Waals surface area contributed by atoms with Gasteiger partial charge in [-0.1, -0.05) is 6.92 Å². The lowest BCUT2D eigenvalue weighted by Crippen LogP contribution is -2.01. The molecule has 1 aromatic carbocycles. The molecule has 0 N–H and O–H groups in total. The largest absolute Gasteiger partial charge is 0.494 e. The number of hydrogen-bond acceptors (Lipinski definition) is 3. The molecule has 4 heteroatoms. The summed E-state index contributed by atoms with van der Waals surface area (Å²) in [4.78, 5) is 8.80. The highest BCUT2D eigenvalue weighted by molar-refractivity contribution is 5.69. The van der Waals surface area contributed by atoms with Gasteiger partial charge in [0.1, 0.15) is 5.75 Å². The van der Waals surface area contributed by atoms with Crippen molar-refractivity contribution in [2.24, 2.45) is 0 Å². The van der Waals surface area contributed by atoms with Crippen molar-refractivity contribution in [2.75, 3.05) is 6.61 Å². The lowest BCUT2D eigenvalue weighted by Gasteiger charge is -2.14. The van der Waals surface area contributed by atoms with Gasteiger partial charge in [-0.15, -0.1) is 0 Å². The molecule has 0 aliphatic carbocycles. The van der Waals surface area contributed by atoms with Crippen LogP contribution in [0.5, 0.6) is 5.75 Å². The Morgan fingerprint density at radius 2 is 2.05 bits per heavy atom. The molecule has 0 saturated heterocycles. The van der Waals surface area contributed by atoms with Crippen LogP contribution in [0.1, 0.15) is 25.1 Å². The lowest BCUT2D eigenvalue weighted by molar-refractivity contribution is 0.340. The average molecular weight is 281 g/mol. The van der Waals surface area contributed by atoms with Gasteiger partial charge in [-0.05, 0) is 44.0 Å². The van der Waals surface area contributed by atoms with Crippen molar-refractivity contribution in [3.63, 3.8) is 0 Å². The summed E-state index contributed by atoms with van der Waals surface area (Å²) in [5.41, 5.74) is 5.41. The third kappa shape index (κ3) is 2.37. The van der Waals surface area contributed by atoms with E-state index in [1.54, 1.807) is 12.4 Å². The van der Waals surface area contributed by atoms with Gasteiger partial charge in [-0.2, -0.15) is 0 Å². The van der Waals surface area contributed by atoms with E-state index in [-0.39, 0.29) is 0 Å². The van der Waals surface area contributed by atoms with E-state index in [1.807, 2.05) is 26.1 Å². The van der Waals surface area contributed by atoms with Crippen LogP contribution in [-0.2, 0) is 6.42 Å². The number of nitrogens with zero attached hydrogens (tertiary/aromatic N) is 3. The van der Waals surface area contributed by atoms with E-state index in [9.17, 15) is 0 Å². The number of aromatic nitrogens is 3. The second-order valence-corrected chi connectivity index (χ2v) is 4.95. The van der Waals surface area contributed by atoms with E-state index in [1.165, 1.54) is 11.1 Å². The molecular formula is C17H19N3O. The number of rotatable bonds is 4. The van der Waals surface area contributed by atoms with Gasteiger partial charge in [-0.3, -0.25) is 9.38 Å². The Morgan fingerprint density at radius 1 is 1.19 bits per heavy atom. The number of fused-ring (bicyclic) bond motifs is 1. The molecule has 0 radical (unpaired) electrons. The van der Waals surface area contributed by atoms with Crippen molar-refractivity contribution in [3.05, 3.63) is 48.0 Å². The number of ether oxygens (including phenoxy) is 1. The van der Waals surface area contributed by atoms with Crippen LogP contribution in [0.15, 0.2) is 36.8 Å². The normalized spacial score (nSPS) is 11.0. The van der Waals surface area contributed by atoms with Crippen LogP contribution in [-0.4, -0.2) is 21.0 Å². The Hall–Kier alpha value is -2.36. The van der Waals surface area contributed by atoms with Gasteiger partial charge in [0, 0.05) is 18.0 Å². The summed E-state index contributed by atoms with van der Waals surface area (Å²) < 4.78 is 7.70. The highest BCUT2D eigenvalue weighted by atomic mass is 16.5. The molecule has 2 heterocycles. The second kappa shape index (κ2) is 5.56. The Morgan fingerprint density at radius 3 is 2.81 bits per heavy atom. The van der Waals surface area contributed by atoms with E-state index >= 15 is 0 Å². The molecule has 0 aliphatic rings. The van der Waals surface area contributed by atoms with Crippen LogP contribution in [0.2, 0.25) is 0 Å². The first-order valence-corrected chi connectivity index (χ1v) is 7.29. The number of benzene rings is 1.